The molecule has 1 spiro atoms. The lowest BCUT2D eigenvalue weighted by Crippen LogP contribution is -2.35. The van der Waals surface area contributed by atoms with Gasteiger partial charge in [0, 0.05) is 29.3 Å². The lowest BCUT2D eigenvalue weighted by atomic mass is 9.80. The molecular weight excluding hydrogens is 395 g/mol. The molecule has 29 heavy (non-hydrogen) atoms. The van der Waals surface area contributed by atoms with Crippen LogP contribution in [0.2, 0.25) is 5.15 Å². The number of ether oxygens (including phenoxy) is 2. The van der Waals surface area contributed by atoms with E-state index in [0.717, 1.165) is 5.56 Å². The lowest BCUT2D eigenvalue weighted by molar-refractivity contribution is 0.107. The van der Waals surface area contributed by atoms with Crippen molar-refractivity contribution >= 4 is 17.4 Å². The largest absolute Gasteiger partial charge is 0.455 e. The maximum absolute atomic E-state index is 14.3. The van der Waals surface area contributed by atoms with Gasteiger partial charge in [0.15, 0.2) is 5.75 Å². The first kappa shape index (κ1) is 18.0. The van der Waals surface area contributed by atoms with E-state index in [4.69, 9.17) is 31.8 Å². The third-order valence-electron chi connectivity index (χ3n) is 5.14. The number of fused-ring (bicyclic) bond motifs is 4. The van der Waals surface area contributed by atoms with Gasteiger partial charge in [0.05, 0.1) is 25.2 Å². The van der Waals surface area contributed by atoms with Crippen LogP contribution in [0.3, 0.4) is 0 Å². The number of hydrogen-bond donors (Lipinski definition) is 1. The molecule has 1 unspecified atom stereocenters. The van der Waals surface area contributed by atoms with Crippen molar-refractivity contribution in [2.75, 3.05) is 13.2 Å². The van der Waals surface area contributed by atoms with Crippen LogP contribution in [0.25, 0.3) is 11.1 Å². The van der Waals surface area contributed by atoms with E-state index in [1.807, 2.05) is 6.07 Å². The van der Waals surface area contributed by atoms with Gasteiger partial charge in [-0.15, -0.1) is 0 Å². The first-order valence-electron chi connectivity index (χ1n) is 9.08. The number of nitrogens with two attached hydrogens (primary N) is 1. The fourth-order valence-electron chi connectivity index (χ4n) is 3.80. The van der Waals surface area contributed by atoms with Crippen molar-refractivity contribution in [3.8, 4) is 22.6 Å². The third kappa shape index (κ3) is 2.94. The highest BCUT2D eigenvalue weighted by atomic mass is 35.5. The van der Waals surface area contributed by atoms with E-state index in [0.29, 0.717) is 52.2 Å². The molecule has 3 aromatic rings. The van der Waals surface area contributed by atoms with E-state index in [2.05, 4.69) is 9.97 Å². The van der Waals surface area contributed by atoms with Crippen LogP contribution < -0.4 is 10.5 Å². The number of aromatic nitrogens is 2. The number of halogens is 2. The summed E-state index contributed by atoms with van der Waals surface area (Å²) >= 11 is 6.19. The molecule has 0 bridgehead atoms. The molecule has 2 aliphatic heterocycles. The average molecular weight is 411 g/mol. The van der Waals surface area contributed by atoms with Gasteiger partial charge in [0.2, 0.25) is 5.95 Å². The Balaban J connectivity index is 1.78. The van der Waals surface area contributed by atoms with Crippen molar-refractivity contribution in [1.82, 2.24) is 9.97 Å². The SMILES string of the molecule is NC1=NC2(COCC1)c1cc(-c3cccnc3F)ccc1Oc1cnc(Cl)cc12. The number of rotatable bonds is 1. The second-order valence-corrected chi connectivity index (χ2v) is 7.31. The highest BCUT2D eigenvalue weighted by Crippen LogP contribution is 2.51. The second kappa shape index (κ2) is 6.79. The van der Waals surface area contributed by atoms with Crippen LogP contribution >= 0.6 is 11.6 Å². The van der Waals surface area contributed by atoms with Crippen LogP contribution in [-0.4, -0.2) is 29.0 Å². The molecule has 1 aromatic carbocycles. The van der Waals surface area contributed by atoms with Crippen LogP contribution in [0.15, 0.2) is 53.8 Å². The van der Waals surface area contributed by atoms with Gasteiger partial charge in [-0.1, -0.05) is 17.7 Å². The van der Waals surface area contributed by atoms with Gasteiger partial charge in [-0.25, -0.2) is 9.97 Å². The molecule has 0 saturated carbocycles. The zero-order valence-electron chi connectivity index (χ0n) is 15.2. The summed E-state index contributed by atoms with van der Waals surface area (Å²) in [6, 6.07) is 10.5. The molecule has 146 valence electrons. The summed E-state index contributed by atoms with van der Waals surface area (Å²) < 4.78 is 26.3. The number of pyridine rings is 2. The number of aliphatic imine (C=N–C) groups is 1. The van der Waals surface area contributed by atoms with Crippen LogP contribution in [0.4, 0.5) is 4.39 Å². The topological polar surface area (TPSA) is 82.6 Å². The second-order valence-electron chi connectivity index (χ2n) is 6.92. The van der Waals surface area contributed by atoms with Crippen molar-refractivity contribution in [3.63, 3.8) is 0 Å². The highest BCUT2D eigenvalue weighted by Gasteiger charge is 2.44. The number of benzene rings is 1. The normalized spacial score (nSPS) is 20.3. The number of hydrogen-bond acceptors (Lipinski definition) is 6. The first-order chi connectivity index (χ1) is 14.1. The molecular formula is C21H16ClFN4O2. The van der Waals surface area contributed by atoms with Crippen molar-refractivity contribution in [2.24, 2.45) is 10.7 Å². The summed E-state index contributed by atoms with van der Waals surface area (Å²) in [7, 11) is 0. The van der Waals surface area contributed by atoms with Crippen LogP contribution in [0.1, 0.15) is 17.5 Å². The lowest BCUT2D eigenvalue weighted by Gasteiger charge is -2.36. The minimum Gasteiger partial charge on any atom is -0.455 e. The van der Waals surface area contributed by atoms with Crippen molar-refractivity contribution in [2.45, 2.75) is 12.0 Å². The Labute approximate surface area is 171 Å². The molecule has 6 nitrogen and oxygen atoms in total. The van der Waals surface area contributed by atoms with Crippen molar-refractivity contribution < 1.29 is 13.9 Å². The predicted octanol–water partition coefficient (Wildman–Crippen LogP) is 4.06. The Morgan fingerprint density at radius 2 is 1.97 bits per heavy atom. The smallest absolute Gasteiger partial charge is 0.220 e. The number of amidine groups is 1. The third-order valence-corrected chi connectivity index (χ3v) is 5.35. The summed E-state index contributed by atoms with van der Waals surface area (Å²) in [5.74, 6) is 1.03. The minimum atomic E-state index is -0.967. The maximum atomic E-state index is 14.3. The predicted molar refractivity (Wildman–Crippen MR) is 107 cm³/mol. The molecule has 2 N–H and O–H groups in total. The van der Waals surface area contributed by atoms with E-state index < -0.39 is 11.5 Å². The molecule has 0 radical (unpaired) electrons. The molecule has 2 aliphatic rings. The van der Waals surface area contributed by atoms with Gasteiger partial charge in [-0.2, -0.15) is 4.39 Å². The molecule has 5 rings (SSSR count). The summed E-state index contributed by atoms with van der Waals surface area (Å²) in [4.78, 5) is 12.7. The average Bonchev–Trinajstić information content (AvgIpc) is 2.91. The molecule has 4 heterocycles. The van der Waals surface area contributed by atoms with Crippen molar-refractivity contribution in [3.05, 3.63) is 71.0 Å². The van der Waals surface area contributed by atoms with Crippen LogP contribution in [-0.2, 0) is 10.3 Å². The van der Waals surface area contributed by atoms with E-state index in [1.165, 1.54) is 6.20 Å². The van der Waals surface area contributed by atoms with Crippen LogP contribution in [0.5, 0.6) is 11.5 Å². The van der Waals surface area contributed by atoms with E-state index in [-0.39, 0.29) is 6.61 Å². The summed E-state index contributed by atoms with van der Waals surface area (Å²) in [6.45, 7) is 0.703. The molecule has 0 aliphatic carbocycles. The summed E-state index contributed by atoms with van der Waals surface area (Å²) in [5.41, 5.74) is 7.67. The van der Waals surface area contributed by atoms with E-state index >= 15 is 0 Å². The van der Waals surface area contributed by atoms with Gasteiger partial charge in [0.1, 0.15) is 16.4 Å². The Bertz CT molecular complexity index is 1150. The number of nitrogens with zero attached hydrogens (tertiary/aromatic N) is 3. The standard InChI is InChI=1S/C21H16ClFN4O2/c22-18-9-15-17(10-26-18)29-16-4-3-12(13-2-1-6-25-20(13)23)8-14(16)21(15)11-28-7-5-19(24)27-21/h1-4,6,8-10H,5,7,11H2,(H2,24,27). The summed E-state index contributed by atoms with van der Waals surface area (Å²) in [6.07, 6.45) is 3.49. The fourth-order valence-corrected chi connectivity index (χ4v) is 3.96. The van der Waals surface area contributed by atoms with E-state index in [1.54, 1.807) is 36.5 Å². The highest BCUT2D eigenvalue weighted by molar-refractivity contribution is 6.29. The minimum absolute atomic E-state index is 0.246. The first-order valence-corrected chi connectivity index (χ1v) is 9.46. The van der Waals surface area contributed by atoms with Gasteiger partial charge in [0.25, 0.3) is 0 Å². The Hall–Kier alpha value is -3.03. The summed E-state index contributed by atoms with van der Waals surface area (Å²) in [5, 5.41) is 0.308. The Morgan fingerprint density at radius 3 is 2.83 bits per heavy atom. The molecule has 0 amide bonds. The molecule has 0 fully saturated rings. The Kier molecular flexibility index (Phi) is 4.22. The van der Waals surface area contributed by atoms with Gasteiger partial charge >= 0.3 is 0 Å². The molecule has 8 heteroatoms. The zero-order valence-corrected chi connectivity index (χ0v) is 16.0. The maximum Gasteiger partial charge on any atom is 0.220 e. The monoisotopic (exact) mass is 410 g/mol. The quantitative estimate of drug-likeness (QED) is 0.611. The van der Waals surface area contributed by atoms with Gasteiger partial charge in [-0.05, 0) is 35.9 Å². The Morgan fingerprint density at radius 1 is 1.10 bits per heavy atom. The zero-order chi connectivity index (χ0) is 20.0. The van der Waals surface area contributed by atoms with Gasteiger partial charge < -0.3 is 15.2 Å². The molecule has 2 aromatic heterocycles. The molecule has 1 atom stereocenters. The molecule has 0 saturated heterocycles. The van der Waals surface area contributed by atoms with E-state index in [9.17, 15) is 4.39 Å². The van der Waals surface area contributed by atoms with Gasteiger partial charge in [-0.3, -0.25) is 4.99 Å². The van der Waals surface area contributed by atoms with Crippen LogP contribution in [0, 0.1) is 5.95 Å². The van der Waals surface area contributed by atoms with Crippen molar-refractivity contribution in [1.29, 1.82) is 0 Å². The fraction of sp³-hybridized carbons (Fsp3) is 0.190.